The fourth-order valence-electron chi connectivity index (χ4n) is 3.90. The Balaban J connectivity index is 1.32. The number of hydrogen-bond donors (Lipinski definition) is 1. The first kappa shape index (κ1) is 20.0. The summed E-state index contributed by atoms with van der Waals surface area (Å²) in [7, 11) is 0. The highest BCUT2D eigenvalue weighted by atomic mass is 19.1. The largest absolute Gasteiger partial charge is 0.319 e. The van der Waals surface area contributed by atoms with Crippen molar-refractivity contribution in [2.45, 2.75) is 39.2 Å². The zero-order valence-electron chi connectivity index (χ0n) is 17.6. The molecular weight excluding hydrogens is 409 g/mol. The highest BCUT2D eigenvalue weighted by Crippen LogP contribution is 2.24. The molecule has 0 aliphatic carbocycles. The van der Waals surface area contributed by atoms with Gasteiger partial charge in [-0.05, 0) is 68.3 Å². The number of amides is 1. The molecule has 1 aliphatic heterocycles. The number of anilines is 1. The molecule has 2 aromatic carbocycles. The Labute approximate surface area is 184 Å². The van der Waals surface area contributed by atoms with Gasteiger partial charge in [-0.2, -0.15) is 0 Å². The fourth-order valence-corrected chi connectivity index (χ4v) is 3.90. The quantitative estimate of drug-likeness (QED) is 0.528. The monoisotopic (exact) mass is 431 g/mol. The van der Waals surface area contributed by atoms with Crippen molar-refractivity contribution < 1.29 is 9.18 Å². The van der Waals surface area contributed by atoms with Crippen LogP contribution in [0.3, 0.4) is 0 Å². The summed E-state index contributed by atoms with van der Waals surface area (Å²) in [6.07, 6.45) is 4.44. The second-order valence-electron chi connectivity index (χ2n) is 7.80. The number of fused-ring (bicyclic) bond motifs is 1. The first-order chi connectivity index (χ1) is 15.6. The second kappa shape index (κ2) is 8.33. The zero-order chi connectivity index (χ0) is 22.1. The van der Waals surface area contributed by atoms with Crippen LogP contribution in [-0.4, -0.2) is 35.4 Å². The molecule has 162 valence electrons. The molecular formula is C23H22FN7O. The minimum Gasteiger partial charge on any atom is -0.319 e. The zero-order valence-corrected chi connectivity index (χ0v) is 17.6. The smallest absolute Gasteiger partial charge is 0.295 e. The van der Waals surface area contributed by atoms with Crippen LogP contribution in [0.5, 0.6) is 0 Å². The van der Waals surface area contributed by atoms with Gasteiger partial charge >= 0.3 is 0 Å². The van der Waals surface area contributed by atoms with Crippen LogP contribution in [0.2, 0.25) is 0 Å². The average Bonchev–Trinajstić information content (AvgIpc) is 3.30. The lowest BCUT2D eigenvalue weighted by Crippen LogP contribution is -2.14. The van der Waals surface area contributed by atoms with Gasteiger partial charge in [0, 0.05) is 24.2 Å². The predicted octanol–water partition coefficient (Wildman–Crippen LogP) is 3.95. The number of benzene rings is 2. The molecule has 0 saturated heterocycles. The lowest BCUT2D eigenvalue weighted by molar-refractivity contribution is 0.101. The van der Waals surface area contributed by atoms with Crippen molar-refractivity contribution in [1.29, 1.82) is 0 Å². The van der Waals surface area contributed by atoms with E-state index in [0.717, 1.165) is 43.0 Å². The molecule has 1 N–H and O–H groups in total. The number of aryl methyl sites for hydroxylation is 2. The van der Waals surface area contributed by atoms with Gasteiger partial charge in [0.15, 0.2) is 5.82 Å². The first-order valence-corrected chi connectivity index (χ1v) is 10.6. The SMILES string of the molecule is Cc1nc(C(=O)Nc2ccc(-c3nnc4n3CCCCC4)cc2)nn1-c1ccc(F)cc1. The van der Waals surface area contributed by atoms with Crippen molar-refractivity contribution in [2.24, 2.45) is 0 Å². The van der Waals surface area contributed by atoms with Gasteiger partial charge in [-0.3, -0.25) is 4.79 Å². The third-order valence-corrected chi connectivity index (χ3v) is 5.55. The third-order valence-electron chi connectivity index (χ3n) is 5.55. The second-order valence-corrected chi connectivity index (χ2v) is 7.80. The third kappa shape index (κ3) is 3.89. The number of nitrogens with one attached hydrogen (secondary N) is 1. The van der Waals surface area contributed by atoms with E-state index in [1.165, 1.54) is 23.2 Å². The van der Waals surface area contributed by atoms with Crippen LogP contribution >= 0.6 is 0 Å². The van der Waals surface area contributed by atoms with Crippen LogP contribution in [0.15, 0.2) is 48.5 Å². The molecule has 8 nitrogen and oxygen atoms in total. The van der Waals surface area contributed by atoms with Crippen LogP contribution in [0.1, 0.15) is 41.5 Å². The number of halogens is 1. The molecule has 1 amide bonds. The fraction of sp³-hybridized carbons (Fsp3) is 0.261. The number of carbonyl (C=O) groups is 1. The maximum absolute atomic E-state index is 13.2. The molecule has 0 saturated carbocycles. The summed E-state index contributed by atoms with van der Waals surface area (Å²) >= 11 is 0. The van der Waals surface area contributed by atoms with E-state index >= 15 is 0 Å². The van der Waals surface area contributed by atoms with Gasteiger partial charge in [-0.15, -0.1) is 15.3 Å². The van der Waals surface area contributed by atoms with Crippen molar-refractivity contribution in [1.82, 2.24) is 29.5 Å². The molecule has 0 bridgehead atoms. The Morgan fingerprint density at radius 3 is 2.56 bits per heavy atom. The van der Waals surface area contributed by atoms with Gasteiger partial charge in [-0.1, -0.05) is 6.42 Å². The summed E-state index contributed by atoms with van der Waals surface area (Å²) in [4.78, 5) is 16.9. The Bertz CT molecular complexity index is 1260. The van der Waals surface area contributed by atoms with Gasteiger partial charge in [0.1, 0.15) is 17.5 Å². The van der Waals surface area contributed by atoms with Crippen molar-refractivity contribution in [3.05, 3.63) is 71.8 Å². The van der Waals surface area contributed by atoms with E-state index in [9.17, 15) is 9.18 Å². The molecule has 32 heavy (non-hydrogen) atoms. The normalized spacial score (nSPS) is 13.4. The van der Waals surface area contributed by atoms with Crippen molar-refractivity contribution >= 4 is 11.6 Å². The van der Waals surface area contributed by atoms with Gasteiger partial charge in [0.2, 0.25) is 5.82 Å². The van der Waals surface area contributed by atoms with Crippen LogP contribution in [0.25, 0.3) is 17.1 Å². The molecule has 0 radical (unpaired) electrons. The molecule has 0 atom stereocenters. The highest BCUT2D eigenvalue weighted by molar-refractivity contribution is 6.01. The van der Waals surface area contributed by atoms with Crippen molar-refractivity contribution in [2.75, 3.05) is 5.32 Å². The minimum atomic E-state index is -0.418. The Morgan fingerprint density at radius 1 is 1.00 bits per heavy atom. The van der Waals surface area contributed by atoms with Crippen LogP contribution in [0, 0.1) is 12.7 Å². The molecule has 0 unspecified atom stereocenters. The summed E-state index contributed by atoms with van der Waals surface area (Å²) < 4.78 is 16.9. The summed E-state index contributed by atoms with van der Waals surface area (Å²) in [5.74, 6) is 1.71. The van der Waals surface area contributed by atoms with Crippen molar-refractivity contribution in [3.63, 3.8) is 0 Å². The van der Waals surface area contributed by atoms with Crippen LogP contribution in [0.4, 0.5) is 10.1 Å². The summed E-state index contributed by atoms with van der Waals surface area (Å²) in [6.45, 7) is 2.67. The Hall–Kier alpha value is -3.88. The van der Waals surface area contributed by atoms with Crippen LogP contribution < -0.4 is 5.32 Å². The van der Waals surface area contributed by atoms with E-state index in [1.807, 2.05) is 24.3 Å². The molecule has 3 heterocycles. The van der Waals surface area contributed by atoms with Gasteiger partial charge in [-0.25, -0.2) is 14.1 Å². The first-order valence-electron chi connectivity index (χ1n) is 10.6. The highest BCUT2D eigenvalue weighted by Gasteiger charge is 2.18. The molecule has 5 rings (SSSR count). The van der Waals surface area contributed by atoms with E-state index in [2.05, 4.69) is 30.2 Å². The summed E-state index contributed by atoms with van der Waals surface area (Å²) in [5, 5.41) is 15.8. The van der Waals surface area contributed by atoms with E-state index in [0.29, 0.717) is 17.2 Å². The number of hydrogen-bond acceptors (Lipinski definition) is 5. The van der Waals surface area contributed by atoms with E-state index in [1.54, 1.807) is 19.1 Å². The van der Waals surface area contributed by atoms with E-state index in [4.69, 9.17) is 0 Å². The topological polar surface area (TPSA) is 90.5 Å². The van der Waals surface area contributed by atoms with Gasteiger partial charge < -0.3 is 9.88 Å². The Kier molecular flexibility index (Phi) is 5.22. The predicted molar refractivity (Wildman–Crippen MR) is 117 cm³/mol. The summed E-state index contributed by atoms with van der Waals surface area (Å²) in [6, 6.07) is 13.4. The molecule has 1 aliphatic rings. The van der Waals surface area contributed by atoms with Crippen LogP contribution in [-0.2, 0) is 13.0 Å². The molecule has 2 aromatic heterocycles. The number of nitrogens with zero attached hydrogens (tertiary/aromatic N) is 6. The minimum absolute atomic E-state index is 0.0404. The van der Waals surface area contributed by atoms with E-state index < -0.39 is 5.91 Å². The number of aromatic nitrogens is 6. The molecule has 0 spiro atoms. The average molecular weight is 431 g/mol. The molecule has 9 heteroatoms. The number of carbonyl (C=O) groups excluding carboxylic acids is 1. The maximum Gasteiger partial charge on any atom is 0.295 e. The summed E-state index contributed by atoms with van der Waals surface area (Å²) in [5.41, 5.74) is 2.22. The Morgan fingerprint density at radius 2 is 1.78 bits per heavy atom. The maximum atomic E-state index is 13.2. The standard InChI is InChI=1S/C23H22FN7O/c1-15-25-21(29-31(15)19-12-8-17(24)9-13-19)23(32)26-18-10-6-16(7-11-18)22-28-27-20-5-3-2-4-14-30(20)22/h6-13H,2-5,14H2,1H3,(H,26,32). The number of rotatable bonds is 4. The lowest BCUT2D eigenvalue weighted by atomic mass is 10.2. The van der Waals surface area contributed by atoms with Gasteiger partial charge in [0.25, 0.3) is 5.91 Å². The lowest BCUT2D eigenvalue weighted by Gasteiger charge is -2.08. The van der Waals surface area contributed by atoms with E-state index in [-0.39, 0.29) is 11.6 Å². The molecule has 0 fully saturated rings. The van der Waals surface area contributed by atoms with Gasteiger partial charge in [0.05, 0.1) is 5.69 Å². The molecule has 4 aromatic rings. The van der Waals surface area contributed by atoms with Crippen molar-refractivity contribution in [3.8, 4) is 17.1 Å².